The van der Waals surface area contributed by atoms with Gasteiger partial charge in [0.15, 0.2) is 11.6 Å². The van der Waals surface area contributed by atoms with Gasteiger partial charge < -0.3 is 5.32 Å². The molecule has 1 amide bonds. The van der Waals surface area contributed by atoms with Crippen molar-refractivity contribution >= 4 is 55.8 Å². The van der Waals surface area contributed by atoms with Crippen LogP contribution in [-0.4, -0.2) is 12.5 Å². The standard InChI is InChI=1S/C18H16BrF2IN2O2/c1-3-4-7-26-24-18(25)12-9-13(19)15(20)16(21)17(12)23-14-6-5-11(22)8-10(14)2/h3-6,8-9,23H,7H2,1-2H3,(H,24,25)/b4-3+. The molecule has 2 rings (SSSR count). The molecule has 4 nitrogen and oxygen atoms in total. The van der Waals surface area contributed by atoms with Gasteiger partial charge in [0.05, 0.1) is 22.3 Å². The largest absolute Gasteiger partial charge is 0.352 e. The summed E-state index contributed by atoms with van der Waals surface area (Å²) in [4.78, 5) is 17.4. The van der Waals surface area contributed by atoms with Gasteiger partial charge >= 0.3 is 0 Å². The SMILES string of the molecule is C/C=C/CONC(=O)c1cc(Br)c(F)c(F)c1Nc1ccc(I)cc1C. The van der Waals surface area contributed by atoms with Crippen LogP contribution < -0.4 is 10.8 Å². The van der Waals surface area contributed by atoms with Crippen LogP contribution in [-0.2, 0) is 4.84 Å². The average molecular weight is 537 g/mol. The summed E-state index contributed by atoms with van der Waals surface area (Å²) in [6, 6.07) is 6.65. The van der Waals surface area contributed by atoms with Crippen molar-refractivity contribution in [2.45, 2.75) is 13.8 Å². The minimum atomic E-state index is -1.16. The van der Waals surface area contributed by atoms with Gasteiger partial charge in [-0.1, -0.05) is 12.2 Å². The lowest BCUT2D eigenvalue weighted by Gasteiger charge is -2.16. The molecule has 0 unspecified atom stereocenters. The third kappa shape index (κ3) is 5.01. The number of benzene rings is 2. The number of rotatable bonds is 6. The summed E-state index contributed by atoms with van der Waals surface area (Å²) in [6.45, 7) is 3.80. The minimum absolute atomic E-state index is 0.0887. The van der Waals surface area contributed by atoms with E-state index in [2.05, 4.69) is 49.3 Å². The minimum Gasteiger partial charge on any atom is -0.352 e. The highest BCUT2D eigenvalue weighted by Gasteiger charge is 2.22. The van der Waals surface area contributed by atoms with Crippen molar-refractivity contribution in [2.24, 2.45) is 0 Å². The Hall–Kier alpha value is -1.52. The number of allylic oxidation sites excluding steroid dienone is 1. The van der Waals surface area contributed by atoms with Gasteiger partial charge in [-0.05, 0) is 82.2 Å². The Morgan fingerprint density at radius 3 is 2.69 bits per heavy atom. The number of carbonyl (C=O) groups excluding carboxylic acids is 1. The molecule has 0 saturated carbocycles. The fraction of sp³-hybridized carbons (Fsp3) is 0.167. The lowest BCUT2D eigenvalue weighted by Crippen LogP contribution is -2.25. The maximum absolute atomic E-state index is 14.5. The summed E-state index contributed by atoms with van der Waals surface area (Å²) in [5.41, 5.74) is 3.26. The number of anilines is 2. The zero-order valence-electron chi connectivity index (χ0n) is 14.0. The van der Waals surface area contributed by atoms with Gasteiger partial charge in [0, 0.05) is 9.26 Å². The van der Waals surface area contributed by atoms with Crippen LogP contribution in [0.1, 0.15) is 22.8 Å². The van der Waals surface area contributed by atoms with E-state index in [4.69, 9.17) is 4.84 Å². The van der Waals surface area contributed by atoms with Gasteiger partial charge in [-0.15, -0.1) is 0 Å². The van der Waals surface area contributed by atoms with Crippen molar-refractivity contribution in [1.82, 2.24) is 5.48 Å². The Kier molecular flexibility index (Phi) is 7.54. The van der Waals surface area contributed by atoms with Crippen molar-refractivity contribution < 1.29 is 18.4 Å². The van der Waals surface area contributed by atoms with E-state index < -0.39 is 17.5 Å². The first-order valence-corrected chi connectivity index (χ1v) is 9.46. The predicted molar refractivity (Wildman–Crippen MR) is 109 cm³/mol. The van der Waals surface area contributed by atoms with Crippen molar-refractivity contribution in [3.05, 3.63) is 67.2 Å². The smallest absolute Gasteiger partial charge is 0.277 e. The van der Waals surface area contributed by atoms with E-state index in [1.165, 1.54) is 6.07 Å². The Morgan fingerprint density at radius 2 is 2.04 bits per heavy atom. The van der Waals surface area contributed by atoms with E-state index in [-0.39, 0.29) is 22.3 Å². The molecule has 0 aliphatic rings. The lowest BCUT2D eigenvalue weighted by molar-refractivity contribution is 0.0421. The van der Waals surface area contributed by atoms with Crippen LogP contribution in [0.2, 0.25) is 0 Å². The first-order chi connectivity index (χ1) is 12.3. The van der Waals surface area contributed by atoms with Crippen molar-refractivity contribution in [2.75, 3.05) is 11.9 Å². The van der Waals surface area contributed by atoms with Crippen LogP contribution in [0, 0.1) is 22.1 Å². The molecular weight excluding hydrogens is 521 g/mol. The Morgan fingerprint density at radius 1 is 1.31 bits per heavy atom. The second kappa shape index (κ2) is 9.43. The molecular formula is C18H16BrF2IN2O2. The normalized spacial score (nSPS) is 11.0. The van der Waals surface area contributed by atoms with Crippen LogP contribution >= 0.6 is 38.5 Å². The zero-order valence-corrected chi connectivity index (χ0v) is 17.7. The maximum atomic E-state index is 14.5. The summed E-state index contributed by atoms with van der Waals surface area (Å²) in [6.07, 6.45) is 3.45. The molecule has 0 aliphatic carbocycles. The number of hydrogen-bond donors (Lipinski definition) is 2. The van der Waals surface area contributed by atoms with Gasteiger partial charge in [-0.3, -0.25) is 9.63 Å². The van der Waals surface area contributed by atoms with Crippen LogP contribution in [0.3, 0.4) is 0 Å². The summed E-state index contributed by atoms with van der Waals surface area (Å²) >= 11 is 5.08. The van der Waals surface area contributed by atoms with Gasteiger partial charge in [0.1, 0.15) is 0 Å². The first kappa shape index (κ1) is 20.8. The van der Waals surface area contributed by atoms with Crippen molar-refractivity contribution in [3.8, 4) is 0 Å². The Bertz CT molecular complexity index is 860. The van der Waals surface area contributed by atoms with E-state index in [1.807, 2.05) is 26.0 Å². The highest BCUT2D eigenvalue weighted by Crippen LogP contribution is 2.32. The van der Waals surface area contributed by atoms with Crippen LogP contribution in [0.4, 0.5) is 20.2 Å². The highest BCUT2D eigenvalue weighted by atomic mass is 127. The molecule has 0 heterocycles. The summed E-state index contributed by atoms with van der Waals surface area (Å²) in [5.74, 6) is -2.93. The molecule has 0 spiro atoms. The van der Waals surface area contributed by atoms with Gasteiger partial charge in [0.2, 0.25) is 0 Å². The number of halogens is 4. The molecule has 8 heteroatoms. The number of amides is 1. The monoisotopic (exact) mass is 536 g/mol. The molecule has 0 atom stereocenters. The number of hydrogen-bond acceptors (Lipinski definition) is 3. The molecule has 138 valence electrons. The lowest BCUT2D eigenvalue weighted by atomic mass is 10.1. The number of hydroxylamine groups is 1. The predicted octanol–water partition coefficient (Wildman–Crippen LogP) is 5.62. The van der Waals surface area contributed by atoms with Gasteiger partial charge in [-0.2, -0.15) is 0 Å². The summed E-state index contributed by atoms with van der Waals surface area (Å²) < 4.78 is 29.4. The number of carbonyl (C=O) groups is 1. The molecule has 2 N–H and O–H groups in total. The Balaban J connectivity index is 2.39. The Labute approximate surface area is 172 Å². The van der Waals surface area contributed by atoms with Crippen LogP contribution in [0.25, 0.3) is 0 Å². The van der Waals surface area contributed by atoms with Crippen molar-refractivity contribution in [3.63, 3.8) is 0 Å². The molecule has 0 aromatic heterocycles. The van der Waals surface area contributed by atoms with Crippen LogP contribution in [0.5, 0.6) is 0 Å². The second-order valence-electron chi connectivity index (χ2n) is 5.30. The number of aryl methyl sites for hydroxylation is 1. The van der Waals surface area contributed by atoms with Crippen LogP contribution in [0.15, 0.2) is 40.9 Å². The number of nitrogens with one attached hydrogen (secondary N) is 2. The van der Waals surface area contributed by atoms with E-state index in [1.54, 1.807) is 18.2 Å². The quantitative estimate of drug-likeness (QED) is 0.166. The fourth-order valence-electron chi connectivity index (χ4n) is 2.10. The molecule has 0 radical (unpaired) electrons. The molecule has 0 aliphatic heterocycles. The van der Waals surface area contributed by atoms with Gasteiger partial charge in [-0.25, -0.2) is 14.3 Å². The van der Waals surface area contributed by atoms with Gasteiger partial charge in [0.25, 0.3) is 5.91 Å². The van der Waals surface area contributed by atoms with E-state index in [9.17, 15) is 13.6 Å². The molecule has 2 aromatic carbocycles. The molecule has 0 fully saturated rings. The third-order valence-electron chi connectivity index (χ3n) is 3.44. The van der Waals surface area contributed by atoms with Crippen molar-refractivity contribution in [1.29, 1.82) is 0 Å². The van der Waals surface area contributed by atoms with E-state index in [0.29, 0.717) is 5.69 Å². The third-order valence-corrected chi connectivity index (χ3v) is 4.68. The molecule has 0 saturated heterocycles. The first-order valence-electron chi connectivity index (χ1n) is 7.59. The fourth-order valence-corrected chi connectivity index (χ4v) is 3.15. The maximum Gasteiger partial charge on any atom is 0.277 e. The van der Waals surface area contributed by atoms with E-state index >= 15 is 0 Å². The summed E-state index contributed by atoms with van der Waals surface area (Å²) in [5, 5.41) is 2.82. The second-order valence-corrected chi connectivity index (χ2v) is 7.40. The molecule has 0 bridgehead atoms. The van der Waals surface area contributed by atoms with E-state index in [0.717, 1.165) is 9.13 Å². The zero-order chi connectivity index (χ0) is 19.3. The highest BCUT2D eigenvalue weighted by molar-refractivity contribution is 14.1. The molecule has 26 heavy (non-hydrogen) atoms. The average Bonchev–Trinajstić information content (AvgIpc) is 2.60. The summed E-state index contributed by atoms with van der Waals surface area (Å²) in [7, 11) is 0. The molecule has 2 aromatic rings. The topological polar surface area (TPSA) is 50.4 Å².